The molecular formula is C7H5FINO3. The largest absolute Gasteiger partial charge is 0.496 e. The number of hydrogen-bond donors (Lipinski definition) is 0. The summed E-state index contributed by atoms with van der Waals surface area (Å²) < 4.78 is 18.2. The summed E-state index contributed by atoms with van der Waals surface area (Å²) in [5.74, 6) is -0.592. The van der Waals surface area contributed by atoms with Crippen molar-refractivity contribution >= 4 is 28.3 Å². The summed E-state index contributed by atoms with van der Waals surface area (Å²) in [4.78, 5) is 9.53. The molecule has 0 fully saturated rings. The number of benzene rings is 1. The molecule has 0 spiro atoms. The highest BCUT2D eigenvalue weighted by Gasteiger charge is 2.17. The van der Waals surface area contributed by atoms with Crippen molar-refractivity contribution in [2.24, 2.45) is 0 Å². The van der Waals surface area contributed by atoms with Crippen LogP contribution in [0.2, 0.25) is 0 Å². The van der Waals surface area contributed by atoms with E-state index in [4.69, 9.17) is 4.74 Å². The van der Waals surface area contributed by atoms with Crippen LogP contribution in [0.25, 0.3) is 0 Å². The summed E-state index contributed by atoms with van der Waals surface area (Å²) in [5, 5.41) is 10.3. The smallest absolute Gasteiger partial charge is 0.306 e. The number of methoxy groups -OCH3 is 1. The Morgan fingerprint density at radius 2 is 2.23 bits per heavy atom. The molecule has 70 valence electrons. The maximum absolute atomic E-state index is 12.9. The van der Waals surface area contributed by atoms with Crippen molar-refractivity contribution in [3.63, 3.8) is 0 Å². The van der Waals surface area contributed by atoms with Gasteiger partial charge in [-0.15, -0.1) is 0 Å². The van der Waals surface area contributed by atoms with E-state index in [-0.39, 0.29) is 0 Å². The molecule has 0 aliphatic rings. The van der Waals surface area contributed by atoms with E-state index in [1.165, 1.54) is 7.11 Å². The van der Waals surface area contributed by atoms with E-state index in [9.17, 15) is 14.5 Å². The van der Waals surface area contributed by atoms with Crippen molar-refractivity contribution in [3.8, 4) is 5.75 Å². The molecule has 13 heavy (non-hydrogen) atoms. The van der Waals surface area contributed by atoms with Gasteiger partial charge >= 0.3 is 5.69 Å². The van der Waals surface area contributed by atoms with Crippen molar-refractivity contribution in [1.82, 2.24) is 0 Å². The highest BCUT2D eigenvalue weighted by atomic mass is 127. The van der Waals surface area contributed by atoms with Crippen LogP contribution in [-0.4, -0.2) is 12.0 Å². The number of nitro benzene ring substituents is 1. The van der Waals surface area contributed by atoms with E-state index < -0.39 is 16.4 Å². The zero-order chi connectivity index (χ0) is 10.0. The second-order valence-electron chi connectivity index (χ2n) is 2.20. The predicted molar refractivity (Wildman–Crippen MR) is 52.3 cm³/mol. The Hall–Kier alpha value is -0.920. The van der Waals surface area contributed by atoms with Gasteiger partial charge in [-0.3, -0.25) is 10.1 Å². The lowest BCUT2D eigenvalue weighted by atomic mass is 10.3. The topological polar surface area (TPSA) is 52.4 Å². The van der Waals surface area contributed by atoms with Crippen molar-refractivity contribution < 1.29 is 14.1 Å². The molecule has 0 amide bonds. The first-order valence-electron chi connectivity index (χ1n) is 3.23. The molecule has 0 heterocycles. The average Bonchev–Trinajstić information content (AvgIpc) is 2.07. The van der Waals surface area contributed by atoms with Crippen molar-refractivity contribution in [3.05, 3.63) is 31.6 Å². The lowest BCUT2D eigenvalue weighted by molar-refractivity contribution is -0.387. The van der Waals surface area contributed by atoms with Crippen molar-refractivity contribution in [2.45, 2.75) is 0 Å². The van der Waals surface area contributed by atoms with Crippen LogP contribution in [0.5, 0.6) is 5.75 Å². The lowest BCUT2D eigenvalue weighted by Gasteiger charge is -2.02. The van der Waals surface area contributed by atoms with Gasteiger partial charge in [0.15, 0.2) is 0 Å². The maximum Gasteiger partial charge on any atom is 0.306 e. The fourth-order valence-corrected chi connectivity index (χ4v) is 1.49. The Morgan fingerprint density at radius 1 is 1.62 bits per heavy atom. The standard InChI is InChI=1S/C7H5FINO3/c1-13-7-2-4(8)6(10(11)12)3-5(7)9/h2-3H,1H3. The van der Waals surface area contributed by atoms with Crippen molar-refractivity contribution in [1.29, 1.82) is 0 Å². The summed E-state index contributed by atoms with van der Waals surface area (Å²) in [7, 11) is 1.38. The molecule has 6 heteroatoms. The number of hydrogen-bond acceptors (Lipinski definition) is 3. The van der Waals surface area contributed by atoms with Crippen LogP contribution in [0.3, 0.4) is 0 Å². The SMILES string of the molecule is COc1cc(F)c([N+](=O)[O-])cc1I. The minimum Gasteiger partial charge on any atom is -0.496 e. The normalized spacial score (nSPS) is 9.77. The molecule has 0 unspecified atom stereocenters. The van der Waals surface area contributed by atoms with Gasteiger partial charge < -0.3 is 4.74 Å². The van der Waals surface area contributed by atoms with Crippen LogP contribution in [0.15, 0.2) is 12.1 Å². The zero-order valence-electron chi connectivity index (χ0n) is 6.58. The van der Waals surface area contributed by atoms with E-state index in [0.717, 1.165) is 12.1 Å². The van der Waals surface area contributed by atoms with Gasteiger partial charge in [-0.1, -0.05) is 0 Å². The van der Waals surface area contributed by atoms with Gasteiger partial charge in [0, 0.05) is 12.1 Å². The fraction of sp³-hybridized carbons (Fsp3) is 0.143. The van der Waals surface area contributed by atoms with Gasteiger partial charge in [0.2, 0.25) is 5.82 Å². The molecular weight excluding hydrogens is 292 g/mol. The summed E-state index contributed by atoms with van der Waals surface area (Å²) in [6.45, 7) is 0. The highest BCUT2D eigenvalue weighted by molar-refractivity contribution is 14.1. The monoisotopic (exact) mass is 297 g/mol. The molecule has 0 atom stereocenters. The predicted octanol–water partition coefficient (Wildman–Crippen LogP) is 2.35. The van der Waals surface area contributed by atoms with Crippen LogP contribution in [0.4, 0.5) is 10.1 Å². The molecule has 0 saturated heterocycles. The number of halogens is 2. The fourth-order valence-electron chi connectivity index (χ4n) is 0.814. The van der Waals surface area contributed by atoms with Crippen LogP contribution in [0.1, 0.15) is 0 Å². The van der Waals surface area contributed by atoms with Gasteiger partial charge in [-0.05, 0) is 22.6 Å². The molecule has 0 radical (unpaired) electrons. The zero-order valence-corrected chi connectivity index (χ0v) is 8.74. The van der Waals surface area contributed by atoms with Gasteiger partial charge in [-0.25, -0.2) is 0 Å². The van der Waals surface area contributed by atoms with E-state index in [0.29, 0.717) is 9.32 Å². The molecule has 1 aromatic rings. The molecule has 0 aliphatic heterocycles. The molecule has 0 saturated carbocycles. The van der Waals surface area contributed by atoms with Crippen LogP contribution in [0, 0.1) is 19.5 Å². The minimum atomic E-state index is -0.887. The van der Waals surface area contributed by atoms with E-state index in [1.54, 1.807) is 0 Å². The molecule has 0 N–H and O–H groups in total. The number of nitro groups is 1. The van der Waals surface area contributed by atoms with Crippen molar-refractivity contribution in [2.75, 3.05) is 7.11 Å². The average molecular weight is 297 g/mol. The number of rotatable bonds is 2. The van der Waals surface area contributed by atoms with E-state index in [1.807, 2.05) is 22.6 Å². The number of nitrogens with zero attached hydrogens (tertiary/aromatic N) is 1. The Kier molecular flexibility index (Phi) is 3.02. The van der Waals surface area contributed by atoms with Crippen LogP contribution in [-0.2, 0) is 0 Å². The van der Waals surface area contributed by atoms with Crippen LogP contribution >= 0.6 is 22.6 Å². The molecule has 1 aromatic carbocycles. The third-order valence-corrected chi connectivity index (χ3v) is 2.26. The first kappa shape index (κ1) is 10.2. The molecule has 4 nitrogen and oxygen atoms in total. The number of ether oxygens (including phenoxy) is 1. The first-order valence-corrected chi connectivity index (χ1v) is 4.31. The summed E-state index contributed by atoms with van der Waals surface area (Å²) in [6, 6.07) is 2.13. The molecule has 0 aromatic heterocycles. The second-order valence-corrected chi connectivity index (χ2v) is 3.36. The first-order chi connectivity index (χ1) is 6.06. The molecule has 0 aliphatic carbocycles. The summed E-state index contributed by atoms with van der Waals surface area (Å²) in [5.41, 5.74) is -0.537. The molecule has 1 rings (SSSR count). The molecule has 0 bridgehead atoms. The summed E-state index contributed by atoms with van der Waals surface area (Å²) >= 11 is 1.84. The Labute approximate surface area is 87.0 Å². The van der Waals surface area contributed by atoms with E-state index in [2.05, 4.69) is 0 Å². The second kappa shape index (κ2) is 3.86. The Balaban J connectivity index is 3.28. The van der Waals surface area contributed by atoms with Crippen LogP contribution < -0.4 is 4.74 Å². The highest BCUT2D eigenvalue weighted by Crippen LogP contribution is 2.28. The van der Waals surface area contributed by atoms with Gasteiger partial charge in [0.1, 0.15) is 5.75 Å². The maximum atomic E-state index is 12.9. The third-order valence-electron chi connectivity index (χ3n) is 1.42. The quantitative estimate of drug-likeness (QED) is 0.478. The Bertz CT molecular complexity index is 356. The Morgan fingerprint density at radius 3 is 2.69 bits per heavy atom. The lowest BCUT2D eigenvalue weighted by Crippen LogP contribution is -1.95. The van der Waals surface area contributed by atoms with Gasteiger partial charge in [0.05, 0.1) is 15.6 Å². The third kappa shape index (κ3) is 2.06. The summed E-state index contributed by atoms with van der Waals surface area (Å²) in [6.07, 6.45) is 0. The van der Waals surface area contributed by atoms with E-state index >= 15 is 0 Å². The van der Waals surface area contributed by atoms with Gasteiger partial charge in [-0.2, -0.15) is 4.39 Å². The van der Waals surface area contributed by atoms with Gasteiger partial charge in [0.25, 0.3) is 0 Å². The minimum absolute atomic E-state index is 0.295.